The van der Waals surface area contributed by atoms with Crippen LogP contribution in [0.2, 0.25) is 0 Å². The van der Waals surface area contributed by atoms with Gasteiger partial charge in [0, 0.05) is 5.69 Å². The van der Waals surface area contributed by atoms with Gasteiger partial charge in [-0.15, -0.1) is 0 Å². The van der Waals surface area contributed by atoms with Crippen molar-refractivity contribution in [3.8, 4) is 0 Å². The Labute approximate surface area is 82.7 Å². The molecule has 0 aliphatic heterocycles. The molecule has 4 heteroatoms. The predicted molar refractivity (Wildman–Crippen MR) is 54.7 cm³/mol. The van der Waals surface area contributed by atoms with Crippen LogP contribution >= 0.6 is 0 Å². The van der Waals surface area contributed by atoms with Crippen LogP contribution in [-0.2, 0) is 4.79 Å². The molecule has 4 nitrogen and oxygen atoms in total. The van der Waals surface area contributed by atoms with E-state index in [1.54, 1.807) is 12.1 Å². The molecule has 0 fully saturated rings. The summed E-state index contributed by atoms with van der Waals surface area (Å²) in [4.78, 5) is 11.4. The Morgan fingerprint density at radius 3 is 2.50 bits per heavy atom. The molecule has 2 atom stereocenters. The average Bonchev–Trinajstić information content (AvgIpc) is 2.18. The first kappa shape index (κ1) is 10.7. The fourth-order valence-corrected chi connectivity index (χ4v) is 0.966. The molecule has 14 heavy (non-hydrogen) atoms. The van der Waals surface area contributed by atoms with Crippen LogP contribution in [0.5, 0.6) is 0 Å². The number of benzene rings is 1. The largest absolute Gasteiger partial charge is 0.391 e. The van der Waals surface area contributed by atoms with Gasteiger partial charge in [-0.3, -0.25) is 4.79 Å². The minimum atomic E-state index is -0.893. The number of para-hydroxylation sites is 1. The Balaban J connectivity index is 2.58. The standard InChI is InChI=1S/C10H14N2O2/c1-7(13)9(11)10(14)12-8-5-3-2-4-6-8/h2-7,9,13H,11H2,1H3,(H,12,14). The summed E-state index contributed by atoms with van der Waals surface area (Å²) >= 11 is 0. The average molecular weight is 194 g/mol. The third kappa shape index (κ3) is 2.83. The molecule has 0 aromatic heterocycles. The lowest BCUT2D eigenvalue weighted by atomic mass is 10.2. The van der Waals surface area contributed by atoms with E-state index >= 15 is 0 Å². The number of rotatable bonds is 3. The van der Waals surface area contributed by atoms with Crippen molar-refractivity contribution in [1.82, 2.24) is 0 Å². The summed E-state index contributed by atoms with van der Waals surface area (Å²) in [6.07, 6.45) is -0.848. The third-order valence-corrected chi connectivity index (χ3v) is 1.86. The summed E-state index contributed by atoms with van der Waals surface area (Å²) in [7, 11) is 0. The maximum absolute atomic E-state index is 11.4. The highest BCUT2D eigenvalue weighted by molar-refractivity contribution is 5.94. The van der Waals surface area contributed by atoms with Crippen molar-refractivity contribution in [3.05, 3.63) is 30.3 Å². The molecule has 1 aromatic rings. The van der Waals surface area contributed by atoms with Gasteiger partial charge in [-0.25, -0.2) is 0 Å². The number of hydrogen-bond donors (Lipinski definition) is 3. The van der Waals surface area contributed by atoms with Gasteiger partial charge in [0.05, 0.1) is 6.10 Å². The molecule has 1 amide bonds. The predicted octanol–water partition coefficient (Wildman–Crippen LogP) is 0.333. The zero-order valence-electron chi connectivity index (χ0n) is 7.97. The van der Waals surface area contributed by atoms with Crippen molar-refractivity contribution >= 4 is 11.6 Å². The second-order valence-corrected chi connectivity index (χ2v) is 3.12. The molecule has 0 aliphatic rings. The Morgan fingerprint density at radius 1 is 1.43 bits per heavy atom. The summed E-state index contributed by atoms with van der Waals surface area (Å²) in [6, 6.07) is 8.09. The monoisotopic (exact) mass is 194 g/mol. The number of nitrogens with one attached hydrogen (secondary N) is 1. The lowest BCUT2D eigenvalue weighted by Crippen LogP contribution is -2.43. The molecule has 0 bridgehead atoms. The first-order valence-electron chi connectivity index (χ1n) is 4.41. The van der Waals surface area contributed by atoms with Gasteiger partial charge in [-0.2, -0.15) is 0 Å². The Kier molecular flexibility index (Phi) is 3.62. The highest BCUT2D eigenvalue weighted by Gasteiger charge is 2.18. The van der Waals surface area contributed by atoms with Crippen molar-refractivity contribution in [3.63, 3.8) is 0 Å². The molecule has 2 unspecified atom stereocenters. The molecule has 0 saturated heterocycles. The second kappa shape index (κ2) is 4.74. The van der Waals surface area contributed by atoms with Gasteiger partial charge in [0.25, 0.3) is 0 Å². The van der Waals surface area contributed by atoms with Crippen molar-refractivity contribution in [2.24, 2.45) is 5.73 Å². The molecular weight excluding hydrogens is 180 g/mol. The van der Waals surface area contributed by atoms with E-state index in [0.717, 1.165) is 0 Å². The minimum absolute atomic E-state index is 0.383. The number of anilines is 1. The van der Waals surface area contributed by atoms with Gasteiger partial charge in [0.15, 0.2) is 0 Å². The lowest BCUT2D eigenvalue weighted by molar-refractivity contribution is -0.119. The molecule has 0 aliphatic carbocycles. The quantitative estimate of drug-likeness (QED) is 0.649. The van der Waals surface area contributed by atoms with Gasteiger partial charge >= 0.3 is 0 Å². The van der Waals surface area contributed by atoms with E-state index in [2.05, 4.69) is 5.32 Å². The number of nitrogens with two attached hydrogens (primary N) is 1. The normalized spacial score (nSPS) is 14.5. The molecule has 0 spiro atoms. The van der Waals surface area contributed by atoms with E-state index < -0.39 is 12.1 Å². The summed E-state index contributed by atoms with van der Waals surface area (Å²) < 4.78 is 0. The number of hydrogen-bond acceptors (Lipinski definition) is 3. The highest BCUT2D eigenvalue weighted by Crippen LogP contribution is 2.05. The van der Waals surface area contributed by atoms with Crippen molar-refractivity contribution in [2.75, 3.05) is 5.32 Å². The van der Waals surface area contributed by atoms with Crippen molar-refractivity contribution in [1.29, 1.82) is 0 Å². The number of aliphatic hydroxyl groups excluding tert-OH is 1. The van der Waals surface area contributed by atoms with E-state index in [9.17, 15) is 4.79 Å². The zero-order valence-corrected chi connectivity index (χ0v) is 7.97. The second-order valence-electron chi connectivity index (χ2n) is 3.12. The maximum atomic E-state index is 11.4. The number of carbonyl (C=O) groups is 1. The molecule has 4 N–H and O–H groups in total. The topological polar surface area (TPSA) is 75.3 Å². The Hall–Kier alpha value is -1.39. The Bertz CT molecular complexity index is 298. The van der Waals surface area contributed by atoms with Gasteiger partial charge in [-0.1, -0.05) is 18.2 Å². The maximum Gasteiger partial charge on any atom is 0.243 e. The number of aliphatic hydroxyl groups is 1. The van der Waals surface area contributed by atoms with Crippen LogP contribution in [0.1, 0.15) is 6.92 Å². The van der Waals surface area contributed by atoms with Crippen LogP contribution in [0.15, 0.2) is 30.3 Å². The molecule has 0 heterocycles. The first-order chi connectivity index (χ1) is 6.61. The summed E-state index contributed by atoms with van der Waals surface area (Å²) in [5, 5.41) is 11.7. The van der Waals surface area contributed by atoms with Gasteiger partial charge in [0.1, 0.15) is 6.04 Å². The van der Waals surface area contributed by atoms with Crippen LogP contribution in [-0.4, -0.2) is 23.2 Å². The number of amides is 1. The molecule has 0 radical (unpaired) electrons. The van der Waals surface area contributed by atoms with E-state index in [4.69, 9.17) is 10.8 Å². The van der Waals surface area contributed by atoms with Crippen molar-refractivity contribution in [2.45, 2.75) is 19.1 Å². The SMILES string of the molecule is CC(O)C(N)C(=O)Nc1ccccc1. The van der Waals surface area contributed by atoms with Crippen molar-refractivity contribution < 1.29 is 9.90 Å². The minimum Gasteiger partial charge on any atom is -0.391 e. The Morgan fingerprint density at radius 2 is 2.00 bits per heavy atom. The molecule has 1 aromatic carbocycles. The van der Waals surface area contributed by atoms with Gasteiger partial charge in [0.2, 0.25) is 5.91 Å². The van der Waals surface area contributed by atoms with E-state index in [0.29, 0.717) is 5.69 Å². The summed E-state index contributed by atoms with van der Waals surface area (Å²) in [5.41, 5.74) is 6.12. The fraction of sp³-hybridized carbons (Fsp3) is 0.300. The van der Waals surface area contributed by atoms with Crippen LogP contribution < -0.4 is 11.1 Å². The molecule has 1 rings (SSSR count). The van der Waals surface area contributed by atoms with Crippen LogP contribution in [0.25, 0.3) is 0 Å². The van der Waals surface area contributed by atoms with Gasteiger partial charge in [-0.05, 0) is 19.1 Å². The molecule has 76 valence electrons. The number of carbonyl (C=O) groups excluding carboxylic acids is 1. The molecule has 0 saturated carbocycles. The lowest BCUT2D eigenvalue weighted by Gasteiger charge is -2.14. The van der Waals surface area contributed by atoms with Crippen LogP contribution in [0.3, 0.4) is 0 Å². The third-order valence-electron chi connectivity index (χ3n) is 1.86. The van der Waals surface area contributed by atoms with E-state index in [1.807, 2.05) is 18.2 Å². The van der Waals surface area contributed by atoms with E-state index in [-0.39, 0.29) is 5.91 Å². The van der Waals surface area contributed by atoms with Crippen LogP contribution in [0.4, 0.5) is 5.69 Å². The smallest absolute Gasteiger partial charge is 0.243 e. The first-order valence-corrected chi connectivity index (χ1v) is 4.41. The van der Waals surface area contributed by atoms with Gasteiger partial charge < -0.3 is 16.2 Å². The summed E-state index contributed by atoms with van der Waals surface area (Å²) in [5.74, 6) is -0.383. The highest BCUT2D eigenvalue weighted by atomic mass is 16.3. The van der Waals surface area contributed by atoms with Crippen LogP contribution in [0, 0.1) is 0 Å². The summed E-state index contributed by atoms with van der Waals surface area (Å²) in [6.45, 7) is 1.48. The fourth-order valence-electron chi connectivity index (χ4n) is 0.966. The van der Waals surface area contributed by atoms with E-state index in [1.165, 1.54) is 6.92 Å². The molecular formula is C10H14N2O2. The zero-order chi connectivity index (χ0) is 10.6.